The van der Waals surface area contributed by atoms with Gasteiger partial charge in [-0.1, -0.05) is 0 Å². The van der Waals surface area contributed by atoms with Crippen molar-refractivity contribution in [3.63, 3.8) is 0 Å². The first-order valence-electron chi connectivity index (χ1n) is 3.84. The van der Waals surface area contributed by atoms with Crippen molar-refractivity contribution in [2.24, 2.45) is 5.92 Å². The van der Waals surface area contributed by atoms with E-state index in [1.165, 1.54) is 0 Å². The summed E-state index contributed by atoms with van der Waals surface area (Å²) in [6.07, 6.45) is 0.924. The van der Waals surface area contributed by atoms with Gasteiger partial charge in [0.05, 0.1) is 0 Å². The van der Waals surface area contributed by atoms with Crippen molar-refractivity contribution in [1.29, 1.82) is 0 Å². The Morgan fingerprint density at radius 1 is 1.55 bits per heavy atom. The molecule has 4 heteroatoms. The highest BCUT2D eigenvalue weighted by Gasteiger charge is 2.19. The molecular formula is C7H11N3O. The number of nitrogens with zero attached hydrogens (tertiary/aromatic N) is 2. The summed E-state index contributed by atoms with van der Waals surface area (Å²) in [5.74, 6) is 2.14. The number of hydrogen-bond acceptors (Lipinski definition) is 4. The Balaban J connectivity index is 1.95. The summed E-state index contributed by atoms with van der Waals surface area (Å²) in [5, 5.41) is 10.9. The predicted molar refractivity (Wildman–Crippen MR) is 39.1 cm³/mol. The van der Waals surface area contributed by atoms with E-state index in [1.807, 2.05) is 6.92 Å². The quantitative estimate of drug-likeness (QED) is 0.656. The smallest absolute Gasteiger partial charge is 0.216 e. The van der Waals surface area contributed by atoms with Crippen LogP contribution in [0.1, 0.15) is 11.8 Å². The monoisotopic (exact) mass is 153 g/mol. The predicted octanol–water partition coefficient (Wildman–Crippen LogP) is 0.140. The van der Waals surface area contributed by atoms with E-state index in [4.69, 9.17) is 4.42 Å². The number of nitrogens with one attached hydrogen (secondary N) is 1. The normalized spacial score (nSPS) is 18.3. The highest BCUT2D eigenvalue weighted by Crippen LogP contribution is 2.10. The lowest BCUT2D eigenvalue weighted by atomic mass is 10.00. The molecule has 0 radical (unpaired) electrons. The summed E-state index contributed by atoms with van der Waals surface area (Å²) in [5.41, 5.74) is 0. The van der Waals surface area contributed by atoms with Crippen molar-refractivity contribution in [2.75, 3.05) is 13.1 Å². The number of aromatic nitrogens is 2. The molecule has 0 spiro atoms. The Kier molecular flexibility index (Phi) is 1.62. The molecule has 0 aromatic carbocycles. The van der Waals surface area contributed by atoms with Crippen molar-refractivity contribution in [2.45, 2.75) is 13.3 Å². The molecule has 0 amide bonds. The minimum atomic E-state index is 0.660. The molecule has 0 bridgehead atoms. The SMILES string of the molecule is Cc1nnc(CC2CNC2)o1. The van der Waals surface area contributed by atoms with Gasteiger partial charge in [0.25, 0.3) is 0 Å². The van der Waals surface area contributed by atoms with E-state index >= 15 is 0 Å². The molecule has 0 saturated carbocycles. The van der Waals surface area contributed by atoms with Crippen LogP contribution >= 0.6 is 0 Å². The maximum atomic E-state index is 5.24. The maximum absolute atomic E-state index is 5.24. The third kappa shape index (κ3) is 1.40. The van der Waals surface area contributed by atoms with Gasteiger partial charge < -0.3 is 9.73 Å². The second-order valence-corrected chi connectivity index (χ2v) is 2.94. The molecule has 1 aromatic heterocycles. The van der Waals surface area contributed by atoms with Gasteiger partial charge in [-0.25, -0.2) is 0 Å². The van der Waals surface area contributed by atoms with Crippen LogP contribution in [0.4, 0.5) is 0 Å². The first-order valence-corrected chi connectivity index (χ1v) is 3.84. The number of aryl methyl sites for hydroxylation is 1. The molecule has 1 aliphatic heterocycles. The van der Waals surface area contributed by atoms with Gasteiger partial charge in [-0.3, -0.25) is 0 Å². The van der Waals surface area contributed by atoms with E-state index < -0.39 is 0 Å². The van der Waals surface area contributed by atoms with Gasteiger partial charge in [-0.15, -0.1) is 10.2 Å². The zero-order chi connectivity index (χ0) is 7.68. The van der Waals surface area contributed by atoms with E-state index in [-0.39, 0.29) is 0 Å². The van der Waals surface area contributed by atoms with Gasteiger partial charge in [0.2, 0.25) is 11.8 Å². The Bertz CT molecular complexity index is 242. The van der Waals surface area contributed by atoms with Crippen molar-refractivity contribution in [1.82, 2.24) is 15.5 Å². The Morgan fingerprint density at radius 2 is 2.36 bits per heavy atom. The summed E-state index contributed by atoms with van der Waals surface area (Å²) >= 11 is 0. The number of hydrogen-bond donors (Lipinski definition) is 1. The lowest BCUT2D eigenvalue weighted by molar-refractivity contribution is 0.315. The summed E-state index contributed by atoms with van der Waals surface area (Å²) in [6, 6.07) is 0. The number of rotatable bonds is 2. The molecule has 1 aliphatic rings. The summed E-state index contributed by atoms with van der Waals surface area (Å²) in [6.45, 7) is 3.98. The van der Waals surface area contributed by atoms with E-state index in [1.54, 1.807) is 0 Å². The van der Waals surface area contributed by atoms with Gasteiger partial charge in [-0.05, 0) is 19.0 Å². The minimum absolute atomic E-state index is 0.660. The van der Waals surface area contributed by atoms with Crippen LogP contribution in [0, 0.1) is 12.8 Å². The van der Waals surface area contributed by atoms with E-state index in [2.05, 4.69) is 15.5 Å². The van der Waals surface area contributed by atoms with Crippen LogP contribution in [0.25, 0.3) is 0 Å². The molecule has 4 nitrogen and oxygen atoms in total. The topological polar surface area (TPSA) is 51.0 Å². The Labute approximate surface area is 65.0 Å². The van der Waals surface area contributed by atoms with E-state index in [0.717, 1.165) is 25.4 Å². The molecule has 2 heterocycles. The fourth-order valence-electron chi connectivity index (χ4n) is 1.16. The first-order chi connectivity index (χ1) is 5.34. The highest BCUT2D eigenvalue weighted by molar-refractivity contribution is 4.87. The summed E-state index contributed by atoms with van der Waals surface area (Å²) in [7, 11) is 0. The fourth-order valence-corrected chi connectivity index (χ4v) is 1.16. The third-order valence-corrected chi connectivity index (χ3v) is 1.90. The maximum Gasteiger partial charge on any atom is 0.216 e. The fraction of sp³-hybridized carbons (Fsp3) is 0.714. The molecule has 0 atom stereocenters. The zero-order valence-electron chi connectivity index (χ0n) is 6.50. The van der Waals surface area contributed by atoms with Crippen LogP contribution in [0.3, 0.4) is 0 Å². The molecule has 60 valence electrons. The van der Waals surface area contributed by atoms with Crippen molar-refractivity contribution in [3.8, 4) is 0 Å². The van der Waals surface area contributed by atoms with Crippen LogP contribution in [-0.4, -0.2) is 23.3 Å². The van der Waals surface area contributed by atoms with E-state index in [9.17, 15) is 0 Å². The van der Waals surface area contributed by atoms with Gasteiger partial charge in [0, 0.05) is 13.3 Å². The van der Waals surface area contributed by atoms with Crippen LogP contribution in [0.15, 0.2) is 4.42 Å². The van der Waals surface area contributed by atoms with Gasteiger partial charge in [0.1, 0.15) is 0 Å². The lowest BCUT2D eigenvalue weighted by Gasteiger charge is -2.25. The Morgan fingerprint density at radius 3 is 2.82 bits per heavy atom. The molecule has 11 heavy (non-hydrogen) atoms. The highest BCUT2D eigenvalue weighted by atomic mass is 16.4. The molecule has 0 aliphatic carbocycles. The van der Waals surface area contributed by atoms with Crippen LogP contribution < -0.4 is 5.32 Å². The molecule has 1 saturated heterocycles. The largest absolute Gasteiger partial charge is 0.426 e. The second kappa shape index (κ2) is 2.62. The second-order valence-electron chi connectivity index (χ2n) is 2.94. The van der Waals surface area contributed by atoms with Crippen molar-refractivity contribution in [3.05, 3.63) is 11.8 Å². The van der Waals surface area contributed by atoms with Crippen LogP contribution in [-0.2, 0) is 6.42 Å². The van der Waals surface area contributed by atoms with Gasteiger partial charge in [0.15, 0.2) is 0 Å². The van der Waals surface area contributed by atoms with E-state index in [0.29, 0.717) is 11.8 Å². The standard InChI is InChI=1S/C7H11N3O/c1-5-9-10-7(11-5)2-6-3-8-4-6/h6,8H,2-4H2,1H3. The van der Waals surface area contributed by atoms with Crippen LogP contribution in [0.2, 0.25) is 0 Å². The van der Waals surface area contributed by atoms with Crippen molar-refractivity contribution >= 4 is 0 Å². The average molecular weight is 153 g/mol. The minimum Gasteiger partial charge on any atom is -0.426 e. The zero-order valence-corrected chi connectivity index (χ0v) is 6.50. The lowest BCUT2D eigenvalue weighted by Crippen LogP contribution is -2.43. The third-order valence-electron chi connectivity index (χ3n) is 1.90. The molecule has 0 unspecified atom stereocenters. The average Bonchev–Trinajstić information content (AvgIpc) is 2.27. The molecule has 1 fully saturated rings. The first kappa shape index (κ1) is 6.79. The van der Waals surface area contributed by atoms with Gasteiger partial charge >= 0.3 is 0 Å². The van der Waals surface area contributed by atoms with Gasteiger partial charge in [-0.2, -0.15) is 0 Å². The van der Waals surface area contributed by atoms with Crippen LogP contribution in [0.5, 0.6) is 0 Å². The molecular weight excluding hydrogens is 142 g/mol. The Hall–Kier alpha value is -0.900. The van der Waals surface area contributed by atoms with Crippen molar-refractivity contribution < 1.29 is 4.42 Å². The summed E-state index contributed by atoms with van der Waals surface area (Å²) < 4.78 is 5.24. The molecule has 2 rings (SSSR count). The molecule has 1 N–H and O–H groups in total. The summed E-state index contributed by atoms with van der Waals surface area (Å²) in [4.78, 5) is 0. The molecule has 1 aromatic rings.